The maximum absolute atomic E-state index is 6.34. The normalized spacial score (nSPS) is 11.4. The van der Waals surface area contributed by atoms with Gasteiger partial charge in [0, 0.05) is 26.7 Å². The summed E-state index contributed by atoms with van der Waals surface area (Å²) in [6.45, 7) is 2.75. The fourth-order valence-electron chi connectivity index (χ4n) is 4.32. The molecule has 0 fully saturated rings. The van der Waals surface area contributed by atoms with Crippen LogP contribution < -0.4 is 15.4 Å². The van der Waals surface area contributed by atoms with Crippen molar-refractivity contribution in [2.24, 2.45) is 7.05 Å². The van der Waals surface area contributed by atoms with Crippen LogP contribution in [0.15, 0.2) is 64.5 Å². The SMILES string of the molecule is COc1ccc(CN(CCCOCc2ccccc2)c2nc3c(N)nc4cc(Br)sc4c3n2C)cc1. The number of ether oxygens (including phenoxy) is 2. The molecule has 3 heterocycles. The van der Waals surface area contributed by atoms with Crippen LogP contribution in [0.1, 0.15) is 17.5 Å². The summed E-state index contributed by atoms with van der Waals surface area (Å²) in [6.07, 6.45) is 0.861. The lowest BCUT2D eigenvalue weighted by Gasteiger charge is -2.24. The number of aryl methyl sites for hydroxylation is 1. The van der Waals surface area contributed by atoms with Gasteiger partial charge in [-0.3, -0.25) is 0 Å². The smallest absolute Gasteiger partial charge is 0.206 e. The molecule has 2 N–H and O–H groups in total. The molecule has 0 saturated heterocycles. The number of benzene rings is 2. The summed E-state index contributed by atoms with van der Waals surface area (Å²) >= 11 is 5.24. The Morgan fingerprint density at radius 3 is 2.58 bits per heavy atom. The highest BCUT2D eigenvalue weighted by molar-refractivity contribution is 9.11. The van der Waals surface area contributed by atoms with Crippen molar-refractivity contribution in [2.45, 2.75) is 19.6 Å². The van der Waals surface area contributed by atoms with Gasteiger partial charge >= 0.3 is 0 Å². The number of hydrogen-bond donors (Lipinski definition) is 1. The Bertz CT molecular complexity index is 1470. The van der Waals surface area contributed by atoms with Gasteiger partial charge in [0.25, 0.3) is 0 Å². The number of methoxy groups -OCH3 is 1. The summed E-state index contributed by atoms with van der Waals surface area (Å²) in [6, 6.07) is 20.4. The number of hydrogen-bond acceptors (Lipinski definition) is 7. The van der Waals surface area contributed by atoms with E-state index in [1.54, 1.807) is 18.4 Å². The first kappa shape index (κ1) is 24.5. The van der Waals surface area contributed by atoms with Crippen LogP contribution in [0, 0.1) is 0 Å². The Morgan fingerprint density at radius 1 is 1.06 bits per heavy atom. The van der Waals surface area contributed by atoms with Crippen LogP contribution in [0.3, 0.4) is 0 Å². The second kappa shape index (κ2) is 10.9. The molecule has 0 bridgehead atoms. The maximum atomic E-state index is 6.34. The van der Waals surface area contributed by atoms with Crippen molar-refractivity contribution in [3.8, 4) is 5.75 Å². The Hall–Kier alpha value is -3.14. The number of anilines is 2. The molecular weight excluding hydrogens is 538 g/mol. The predicted molar refractivity (Wildman–Crippen MR) is 151 cm³/mol. The van der Waals surface area contributed by atoms with Gasteiger partial charge in [0.1, 0.15) is 11.3 Å². The predicted octanol–water partition coefficient (Wildman–Crippen LogP) is 6.15. The van der Waals surface area contributed by atoms with E-state index in [2.05, 4.69) is 54.6 Å². The van der Waals surface area contributed by atoms with Gasteiger partial charge < -0.3 is 24.7 Å². The zero-order chi connectivity index (χ0) is 25.1. The van der Waals surface area contributed by atoms with Crippen molar-refractivity contribution in [3.63, 3.8) is 0 Å². The molecule has 0 atom stereocenters. The van der Waals surface area contributed by atoms with E-state index < -0.39 is 0 Å². The van der Waals surface area contributed by atoms with E-state index >= 15 is 0 Å². The van der Waals surface area contributed by atoms with Crippen LogP contribution in [0.5, 0.6) is 5.75 Å². The number of nitrogens with zero attached hydrogens (tertiary/aromatic N) is 4. The van der Waals surface area contributed by atoms with Gasteiger partial charge in [-0.2, -0.15) is 0 Å². The zero-order valence-electron chi connectivity index (χ0n) is 20.3. The Kier molecular flexibility index (Phi) is 7.41. The van der Waals surface area contributed by atoms with Gasteiger partial charge in [0.15, 0.2) is 5.82 Å². The first-order chi connectivity index (χ1) is 17.5. The third-order valence-corrected chi connectivity index (χ3v) is 7.73. The summed E-state index contributed by atoms with van der Waals surface area (Å²) in [5, 5.41) is 0. The Labute approximate surface area is 222 Å². The molecule has 3 aromatic heterocycles. The molecule has 0 saturated carbocycles. The standard InChI is InChI=1S/C27H28BrN5O2S/c1-32-24-23(26(29)30-21-15-22(28)36-25(21)24)31-27(32)33(16-18-9-11-20(34-2)12-10-18)13-6-14-35-17-19-7-4-3-5-8-19/h3-5,7-12,15H,6,13-14,16-17H2,1-2H3,(H2,29,30). The van der Waals surface area contributed by atoms with E-state index in [4.69, 9.17) is 20.2 Å². The average molecular weight is 567 g/mol. The highest BCUT2D eigenvalue weighted by Gasteiger charge is 2.21. The highest BCUT2D eigenvalue weighted by Crippen LogP contribution is 2.37. The lowest BCUT2D eigenvalue weighted by Crippen LogP contribution is -2.27. The van der Waals surface area contributed by atoms with Crippen molar-refractivity contribution in [2.75, 3.05) is 30.9 Å². The van der Waals surface area contributed by atoms with Gasteiger partial charge in [0.2, 0.25) is 5.95 Å². The van der Waals surface area contributed by atoms with Gasteiger partial charge in [-0.05, 0) is 51.7 Å². The van der Waals surface area contributed by atoms with E-state index in [1.165, 1.54) is 11.1 Å². The van der Waals surface area contributed by atoms with Crippen molar-refractivity contribution in [1.29, 1.82) is 0 Å². The molecule has 0 radical (unpaired) electrons. The van der Waals surface area contributed by atoms with Gasteiger partial charge in [0.05, 0.1) is 33.2 Å². The molecule has 0 spiro atoms. The number of rotatable bonds is 10. The molecule has 186 valence electrons. The van der Waals surface area contributed by atoms with E-state index in [-0.39, 0.29) is 0 Å². The number of imidazole rings is 1. The van der Waals surface area contributed by atoms with E-state index in [1.807, 2.05) is 43.4 Å². The first-order valence-electron chi connectivity index (χ1n) is 11.7. The first-order valence-corrected chi connectivity index (χ1v) is 13.3. The van der Waals surface area contributed by atoms with Gasteiger partial charge in [-0.1, -0.05) is 42.5 Å². The molecule has 2 aromatic carbocycles. The van der Waals surface area contributed by atoms with Crippen molar-refractivity contribution < 1.29 is 9.47 Å². The Morgan fingerprint density at radius 2 is 1.83 bits per heavy atom. The number of aromatic nitrogens is 3. The van der Waals surface area contributed by atoms with E-state index in [0.717, 1.165) is 49.7 Å². The third-order valence-electron chi connectivity index (χ3n) is 6.10. The maximum Gasteiger partial charge on any atom is 0.206 e. The molecule has 36 heavy (non-hydrogen) atoms. The fraction of sp³-hybridized carbons (Fsp3) is 0.259. The van der Waals surface area contributed by atoms with E-state index in [0.29, 0.717) is 25.6 Å². The van der Waals surface area contributed by atoms with Crippen LogP contribution in [-0.2, 0) is 24.9 Å². The van der Waals surface area contributed by atoms with Crippen LogP contribution in [-0.4, -0.2) is 34.8 Å². The molecule has 9 heteroatoms. The molecule has 5 aromatic rings. The monoisotopic (exact) mass is 565 g/mol. The highest BCUT2D eigenvalue weighted by atomic mass is 79.9. The molecule has 0 aliphatic heterocycles. The second-order valence-electron chi connectivity index (χ2n) is 8.59. The minimum Gasteiger partial charge on any atom is -0.497 e. The summed E-state index contributed by atoms with van der Waals surface area (Å²) in [5.41, 5.74) is 11.3. The van der Waals surface area contributed by atoms with Gasteiger partial charge in [-0.25, -0.2) is 9.97 Å². The molecule has 0 unspecified atom stereocenters. The minimum atomic E-state index is 0.445. The van der Waals surface area contributed by atoms with Crippen molar-refractivity contribution in [3.05, 3.63) is 75.6 Å². The van der Waals surface area contributed by atoms with Crippen molar-refractivity contribution >= 4 is 60.3 Å². The number of thiophene rings is 1. The average Bonchev–Trinajstić information content (AvgIpc) is 3.43. The lowest BCUT2D eigenvalue weighted by molar-refractivity contribution is 0.119. The molecule has 0 aliphatic carbocycles. The zero-order valence-corrected chi connectivity index (χ0v) is 22.7. The summed E-state index contributed by atoms with van der Waals surface area (Å²) < 4.78 is 15.5. The number of nitrogens with two attached hydrogens (primary N) is 1. The summed E-state index contributed by atoms with van der Waals surface area (Å²) in [7, 11) is 3.72. The second-order valence-corrected chi connectivity index (χ2v) is 11.0. The number of pyridine rings is 1. The van der Waals surface area contributed by atoms with Crippen LogP contribution in [0.4, 0.5) is 11.8 Å². The molecule has 0 amide bonds. The largest absolute Gasteiger partial charge is 0.497 e. The molecule has 5 rings (SSSR count). The Balaban J connectivity index is 1.41. The molecular formula is C27H28BrN5O2S. The minimum absolute atomic E-state index is 0.445. The quantitative estimate of drug-likeness (QED) is 0.204. The summed E-state index contributed by atoms with van der Waals surface area (Å²) in [5.74, 6) is 2.14. The third kappa shape index (κ3) is 5.18. The summed E-state index contributed by atoms with van der Waals surface area (Å²) in [4.78, 5) is 11.8. The lowest BCUT2D eigenvalue weighted by atomic mass is 10.2. The topological polar surface area (TPSA) is 78.4 Å². The number of halogens is 1. The number of nitrogen functional groups attached to an aromatic ring is 1. The van der Waals surface area contributed by atoms with Crippen LogP contribution in [0.25, 0.3) is 21.3 Å². The van der Waals surface area contributed by atoms with E-state index in [9.17, 15) is 0 Å². The molecule has 7 nitrogen and oxygen atoms in total. The van der Waals surface area contributed by atoms with Crippen LogP contribution >= 0.6 is 27.3 Å². The van der Waals surface area contributed by atoms with Crippen LogP contribution in [0.2, 0.25) is 0 Å². The fourth-order valence-corrected chi connectivity index (χ4v) is 5.93. The number of fused-ring (bicyclic) bond motifs is 3. The van der Waals surface area contributed by atoms with Gasteiger partial charge in [-0.15, -0.1) is 11.3 Å². The van der Waals surface area contributed by atoms with Crippen molar-refractivity contribution in [1.82, 2.24) is 14.5 Å². The molecule has 0 aliphatic rings.